The van der Waals surface area contributed by atoms with E-state index >= 15 is 0 Å². The average Bonchev–Trinajstić information content (AvgIpc) is 3.24. The Morgan fingerprint density at radius 3 is 2.21 bits per heavy atom. The molecule has 1 saturated carbocycles. The number of para-hydroxylation sites is 1. The van der Waals surface area contributed by atoms with Crippen LogP contribution in [-0.4, -0.2) is 35.3 Å². The fraction of sp³-hybridized carbons (Fsp3) is 0.440. The lowest BCUT2D eigenvalue weighted by Gasteiger charge is -2.51. The van der Waals surface area contributed by atoms with Crippen LogP contribution < -0.4 is 4.90 Å². The van der Waals surface area contributed by atoms with E-state index in [9.17, 15) is 9.59 Å². The Labute approximate surface area is 172 Å². The van der Waals surface area contributed by atoms with Gasteiger partial charge in [0.15, 0.2) is 0 Å². The van der Waals surface area contributed by atoms with Crippen LogP contribution in [0, 0.1) is 0 Å². The van der Waals surface area contributed by atoms with E-state index in [0.29, 0.717) is 5.56 Å². The first-order valence-corrected chi connectivity index (χ1v) is 11.0. The summed E-state index contributed by atoms with van der Waals surface area (Å²) in [7, 11) is 0. The van der Waals surface area contributed by atoms with Crippen molar-refractivity contribution < 1.29 is 9.59 Å². The summed E-state index contributed by atoms with van der Waals surface area (Å²) in [5.74, 6) is -0.0268. The average molecular weight is 389 g/mol. The number of anilines is 1. The largest absolute Gasteiger partial charge is 0.342 e. The molecule has 0 bridgehead atoms. The van der Waals surface area contributed by atoms with Crippen molar-refractivity contribution in [1.29, 1.82) is 0 Å². The van der Waals surface area contributed by atoms with Crippen LogP contribution in [0.15, 0.2) is 54.6 Å². The molecule has 150 valence electrons. The van der Waals surface area contributed by atoms with Gasteiger partial charge in [0, 0.05) is 24.3 Å². The van der Waals surface area contributed by atoms with Gasteiger partial charge >= 0.3 is 0 Å². The molecule has 3 aliphatic rings. The Kier molecular flexibility index (Phi) is 4.65. The molecule has 1 saturated heterocycles. The molecule has 5 rings (SSSR count). The van der Waals surface area contributed by atoms with Gasteiger partial charge in [-0.25, -0.2) is 0 Å². The molecule has 4 nitrogen and oxygen atoms in total. The van der Waals surface area contributed by atoms with Crippen LogP contribution in [-0.2, 0) is 4.79 Å². The summed E-state index contributed by atoms with van der Waals surface area (Å²) in [6, 6.07) is 17.7. The van der Waals surface area contributed by atoms with Gasteiger partial charge in [-0.1, -0.05) is 49.2 Å². The number of hydrogen-bond acceptors (Lipinski definition) is 2. The fourth-order valence-corrected chi connectivity index (χ4v) is 5.80. The third kappa shape index (κ3) is 2.88. The molecule has 2 fully saturated rings. The number of hydrogen-bond donors (Lipinski definition) is 0. The molecule has 0 radical (unpaired) electrons. The summed E-state index contributed by atoms with van der Waals surface area (Å²) in [5, 5.41) is 0. The Balaban J connectivity index is 1.69. The Morgan fingerprint density at radius 2 is 1.48 bits per heavy atom. The first-order chi connectivity index (χ1) is 14.2. The van der Waals surface area contributed by atoms with Crippen LogP contribution in [0.25, 0.3) is 0 Å². The van der Waals surface area contributed by atoms with Crippen LogP contribution in [0.1, 0.15) is 66.8 Å². The summed E-state index contributed by atoms with van der Waals surface area (Å²) in [5.41, 5.74) is 2.07. The molecular weight excluding hydrogens is 360 g/mol. The van der Waals surface area contributed by atoms with Crippen molar-refractivity contribution in [3.8, 4) is 0 Å². The quantitative estimate of drug-likeness (QED) is 0.744. The minimum atomic E-state index is -0.457. The van der Waals surface area contributed by atoms with Gasteiger partial charge in [-0.2, -0.15) is 0 Å². The molecule has 29 heavy (non-hydrogen) atoms. The second-order valence-electron chi connectivity index (χ2n) is 8.69. The van der Waals surface area contributed by atoms with Gasteiger partial charge < -0.3 is 9.80 Å². The number of amides is 2. The highest BCUT2D eigenvalue weighted by molar-refractivity contribution is 6.12. The number of piperidine rings is 1. The van der Waals surface area contributed by atoms with Gasteiger partial charge in [0.05, 0.1) is 11.5 Å². The fourth-order valence-electron chi connectivity index (χ4n) is 5.80. The lowest BCUT2D eigenvalue weighted by atomic mass is 9.70. The number of nitrogens with zero attached hydrogens (tertiary/aromatic N) is 2. The molecule has 2 aromatic carbocycles. The Morgan fingerprint density at radius 1 is 0.828 bits per heavy atom. The summed E-state index contributed by atoms with van der Waals surface area (Å²) >= 11 is 0. The topological polar surface area (TPSA) is 40.6 Å². The molecule has 2 aromatic rings. The van der Waals surface area contributed by atoms with Crippen LogP contribution in [0.5, 0.6) is 0 Å². The highest BCUT2D eigenvalue weighted by atomic mass is 16.2. The number of likely N-dealkylation sites (tertiary alicyclic amines) is 1. The van der Waals surface area contributed by atoms with E-state index in [1.165, 1.54) is 6.42 Å². The number of benzene rings is 2. The predicted molar refractivity (Wildman–Crippen MR) is 114 cm³/mol. The van der Waals surface area contributed by atoms with E-state index in [0.717, 1.165) is 62.9 Å². The van der Waals surface area contributed by atoms with Crippen LogP contribution >= 0.6 is 0 Å². The zero-order chi connectivity index (χ0) is 19.8. The van der Waals surface area contributed by atoms with Gasteiger partial charge in [-0.3, -0.25) is 9.59 Å². The highest BCUT2D eigenvalue weighted by Crippen LogP contribution is 2.52. The van der Waals surface area contributed by atoms with Gasteiger partial charge in [0.1, 0.15) is 0 Å². The van der Waals surface area contributed by atoms with Gasteiger partial charge in [-0.05, 0) is 55.9 Å². The monoisotopic (exact) mass is 388 g/mol. The van der Waals surface area contributed by atoms with Crippen molar-refractivity contribution in [2.75, 3.05) is 18.0 Å². The van der Waals surface area contributed by atoms with E-state index in [1.807, 2.05) is 59.5 Å². The minimum Gasteiger partial charge on any atom is -0.342 e. The van der Waals surface area contributed by atoms with E-state index in [4.69, 9.17) is 0 Å². The van der Waals surface area contributed by atoms with Crippen molar-refractivity contribution in [3.63, 3.8) is 0 Å². The molecule has 4 heteroatoms. The molecule has 2 aliphatic heterocycles. The van der Waals surface area contributed by atoms with Crippen molar-refractivity contribution in [2.45, 2.75) is 56.4 Å². The first kappa shape index (κ1) is 18.4. The van der Waals surface area contributed by atoms with Gasteiger partial charge in [0.25, 0.3) is 5.91 Å². The van der Waals surface area contributed by atoms with Gasteiger partial charge in [0.2, 0.25) is 5.91 Å². The number of carbonyl (C=O) groups is 2. The summed E-state index contributed by atoms with van der Waals surface area (Å²) in [4.78, 5) is 31.7. The smallest absolute Gasteiger partial charge is 0.259 e. The third-order valence-corrected chi connectivity index (χ3v) is 7.09. The molecule has 0 unspecified atom stereocenters. The van der Waals surface area contributed by atoms with Crippen molar-refractivity contribution in [3.05, 3.63) is 65.7 Å². The van der Waals surface area contributed by atoms with Crippen LogP contribution in [0.2, 0.25) is 0 Å². The van der Waals surface area contributed by atoms with Crippen molar-refractivity contribution in [1.82, 2.24) is 4.90 Å². The number of fused-ring (bicyclic) bond motifs is 1. The first-order valence-electron chi connectivity index (χ1n) is 11.0. The second kappa shape index (κ2) is 7.33. The van der Waals surface area contributed by atoms with Crippen LogP contribution in [0.3, 0.4) is 0 Å². The minimum absolute atomic E-state index is 0.0383. The predicted octanol–water partition coefficient (Wildman–Crippen LogP) is 4.76. The maximum absolute atomic E-state index is 13.9. The standard InChI is InChI=1S/C25H28N2O2/c28-23-21-14-6-5-13-20(21)22(24(29)26-17-9-2-10-18-26)25(15-7-8-16-25)27(23)19-11-3-1-4-12-19/h1,3-6,11-14,22H,2,7-10,15-18H2/t22-/m1/s1. The molecular formula is C25H28N2O2. The van der Waals surface area contributed by atoms with Crippen molar-refractivity contribution in [2.24, 2.45) is 0 Å². The van der Waals surface area contributed by atoms with E-state index < -0.39 is 5.54 Å². The third-order valence-electron chi connectivity index (χ3n) is 7.09. The molecule has 0 aromatic heterocycles. The number of rotatable bonds is 2. The maximum atomic E-state index is 13.9. The second-order valence-corrected chi connectivity index (χ2v) is 8.69. The van der Waals surface area contributed by atoms with Crippen molar-refractivity contribution >= 4 is 17.5 Å². The molecule has 0 N–H and O–H groups in total. The normalized spacial score (nSPS) is 23.3. The lowest BCUT2D eigenvalue weighted by Crippen LogP contribution is -2.61. The molecule has 2 heterocycles. The van der Waals surface area contributed by atoms with Gasteiger partial charge in [-0.15, -0.1) is 0 Å². The molecule has 1 aliphatic carbocycles. The van der Waals surface area contributed by atoms with E-state index in [1.54, 1.807) is 0 Å². The van der Waals surface area contributed by atoms with E-state index in [-0.39, 0.29) is 17.7 Å². The summed E-state index contributed by atoms with van der Waals surface area (Å²) < 4.78 is 0. The highest BCUT2D eigenvalue weighted by Gasteiger charge is 2.56. The summed E-state index contributed by atoms with van der Waals surface area (Å²) in [6.07, 6.45) is 7.23. The molecule has 1 spiro atoms. The molecule has 2 amide bonds. The lowest BCUT2D eigenvalue weighted by molar-refractivity contribution is -0.135. The Hall–Kier alpha value is -2.62. The maximum Gasteiger partial charge on any atom is 0.259 e. The number of carbonyl (C=O) groups excluding carboxylic acids is 2. The molecule has 1 atom stereocenters. The van der Waals surface area contributed by atoms with Crippen LogP contribution in [0.4, 0.5) is 5.69 Å². The zero-order valence-corrected chi connectivity index (χ0v) is 16.8. The SMILES string of the molecule is O=C([C@H]1c2ccccc2C(=O)N(c2ccccc2)C12CCCC2)N1CCCCC1. The Bertz CT molecular complexity index is 911. The summed E-state index contributed by atoms with van der Waals surface area (Å²) in [6.45, 7) is 1.68. The van der Waals surface area contributed by atoms with E-state index in [2.05, 4.69) is 4.90 Å². The zero-order valence-electron chi connectivity index (χ0n) is 16.8.